The molecule has 2 aromatic rings. The van der Waals surface area contributed by atoms with Crippen LogP contribution in [0, 0.1) is 28.6 Å². The second-order valence-electron chi connectivity index (χ2n) is 8.93. The maximum atomic E-state index is 9.16. The highest BCUT2D eigenvalue weighted by Crippen LogP contribution is 2.34. The lowest BCUT2D eigenvalue weighted by Gasteiger charge is -2.27. The average Bonchev–Trinajstić information content (AvgIpc) is 2.85. The maximum Gasteiger partial charge on any atom is 0.131 e. The summed E-state index contributed by atoms with van der Waals surface area (Å²) in [6.07, 6.45) is 17.4. The van der Waals surface area contributed by atoms with Gasteiger partial charge in [-0.15, -0.1) is 0 Å². The van der Waals surface area contributed by atoms with Gasteiger partial charge < -0.3 is 4.74 Å². The van der Waals surface area contributed by atoms with Crippen LogP contribution >= 0.6 is 0 Å². The van der Waals surface area contributed by atoms with E-state index >= 15 is 0 Å². The van der Waals surface area contributed by atoms with Crippen molar-refractivity contribution < 1.29 is 4.74 Å². The number of nitrogens with zero attached hydrogens (tertiary/aromatic N) is 4. The Morgan fingerprint density at radius 2 is 1.59 bits per heavy atom. The van der Waals surface area contributed by atoms with Crippen LogP contribution in [-0.2, 0) is 6.42 Å². The van der Waals surface area contributed by atoms with Crippen LogP contribution in [0.4, 0.5) is 0 Å². The van der Waals surface area contributed by atoms with Gasteiger partial charge in [-0.3, -0.25) is 0 Å². The Morgan fingerprint density at radius 1 is 0.906 bits per heavy atom. The first-order chi connectivity index (χ1) is 15.7. The van der Waals surface area contributed by atoms with Crippen LogP contribution in [0.25, 0.3) is 0 Å². The Hall–Kier alpha value is -2.92. The third-order valence-electron chi connectivity index (χ3n) is 6.47. The van der Waals surface area contributed by atoms with Gasteiger partial charge in [0.2, 0.25) is 0 Å². The Bertz CT molecular complexity index is 918. The van der Waals surface area contributed by atoms with Crippen molar-refractivity contribution in [3.8, 4) is 17.9 Å². The zero-order valence-electron chi connectivity index (χ0n) is 19.2. The smallest absolute Gasteiger partial charge is 0.131 e. The molecule has 168 valence electrons. The van der Waals surface area contributed by atoms with Crippen LogP contribution < -0.4 is 4.74 Å². The van der Waals surface area contributed by atoms with Gasteiger partial charge in [-0.25, -0.2) is 9.97 Å². The molecule has 0 atom stereocenters. The maximum absolute atomic E-state index is 9.16. The summed E-state index contributed by atoms with van der Waals surface area (Å²) in [5.74, 6) is 2.59. The summed E-state index contributed by atoms with van der Waals surface area (Å²) in [7, 11) is 0. The van der Waals surface area contributed by atoms with Crippen LogP contribution in [0.5, 0.6) is 5.75 Å². The highest BCUT2D eigenvalue weighted by molar-refractivity contribution is 5.49. The quantitative estimate of drug-likeness (QED) is 0.381. The third kappa shape index (κ3) is 7.06. The first-order valence-electron chi connectivity index (χ1n) is 12.1. The van der Waals surface area contributed by atoms with E-state index in [1.165, 1.54) is 44.1 Å². The molecule has 1 aliphatic carbocycles. The molecule has 5 nitrogen and oxygen atoms in total. The second kappa shape index (κ2) is 12.8. The number of aryl methyl sites for hydroxylation is 1. The molecule has 0 aliphatic heterocycles. The molecule has 1 fully saturated rings. The summed E-state index contributed by atoms with van der Waals surface area (Å²) in [6, 6.07) is 9.17. The van der Waals surface area contributed by atoms with Gasteiger partial charge in [0, 0.05) is 18.3 Å². The lowest BCUT2D eigenvalue weighted by atomic mass is 9.82. The summed E-state index contributed by atoms with van der Waals surface area (Å²) >= 11 is 0. The van der Waals surface area contributed by atoms with E-state index in [-0.39, 0.29) is 0 Å². The molecule has 1 heterocycles. The first-order valence-corrected chi connectivity index (χ1v) is 12.1. The number of rotatable bonds is 11. The largest absolute Gasteiger partial charge is 0.493 e. The fourth-order valence-electron chi connectivity index (χ4n) is 4.42. The van der Waals surface area contributed by atoms with Crippen molar-refractivity contribution in [2.24, 2.45) is 5.92 Å². The number of nitriles is 2. The van der Waals surface area contributed by atoms with Gasteiger partial charge in [-0.2, -0.15) is 10.5 Å². The van der Waals surface area contributed by atoms with E-state index < -0.39 is 0 Å². The highest BCUT2D eigenvalue weighted by Gasteiger charge is 2.24. The highest BCUT2D eigenvalue weighted by atomic mass is 16.5. The molecule has 32 heavy (non-hydrogen) atoms. The minimum absolute atomic E-state index is 0.366. The molecule has 1 aromatic heterocycles. The van der Waals surface area contributed by atoms with Crippen molar-refractivity contribution in [3.63, 3.8) is 0 Å². The Kier molecular flexibility index (Phi) is 9.51. The second-order valence-corrected chi connectivity index (χ2v) is 8.93. The Morgan fingerprint density at radius 3 is 2.28 bits per heavy atom. The molecular weight excluding hydrogens is 396 g/mol. The predicted molar refractivity (Wildman–Crippen MR) is 125 cm³/mol. The molecule has 1 aliphatic rings. The van der Waals surface area contributed by atoms with E-state index in [0.717, 1.165) is 37.9 Å². The molecule has 0 radical (unpaired) electrons. The van der Waals surface area contributed by atoms with Gasteiger partial charge in [0.15, 0.2) is 0 Å². The molecule has 0 spiro atoms. The van der Waals surface area contributed by atoms with E-state index in [1.807, 2.05) is 18.5 Å². The molecule has 1 saturated carbocycles. The van der Waals surface area contributed by atoms with Crippen molar-refractivity contribution in [1.29, 1.82) is 10.5 Å². The number of hydrogen-bond acceptors (Lipinski definition) is 5. The van der Waals surface area contributed by atoms with Crippen LogP contribution in [0.2, 0.25) is 0 Å². The minimum Gasteiger partial charge on any atom is -0.493 e. The summed E-state index contributed by atoms with van der Waals surface area (Å²) in [6.45, 7) is 2.89. The van der Waals surface area contributed by atoms with Crippen LogP contribution in [0.1, 0.15) is 99.6 Å². The summed E-state index contributed by atoms with van der Waals surface area (Å²) in [5, 5.41) is 18.2. The molecule has 0 bridgehead atoms. The predicted octanol–water partition coefficient (Wildman–Crippen LogP) is 6.48. The number of ether oxygens (including phenoxy) is 1. The minimum atomic E-state index is 0.366. The molecule has 3 rings (SSSR count). The van der Waals surface area contributed by atoms with Gasteiger partial charge in [-0.05, 0) is 68.2 Å². The van der Waals surface area contributed by atoms with E-state index in [4.69, 9.17) is 15.3 Å². The monoisotopic (exact) mass is 430 g/mol. The number of unbranched alkanes of at least 4 members (excludes halogenated alkanes) is 5. The van der Waals surface area contributed by atoms with Gasteiger partial charge in [0.05, 0.1) is 17.7 Å². The van der Waals surface area contributed by atoms with Gasteiger partial charge in [-0.1, -0.05) is 39.0 Å². The molecule has 0 N–H and O–H groups in total. The van der Waals surface area contributed by atoms with Gasteiger partial charge >= 0.3 is 0 Å². The van der Waals surface area contributed by atoms with Crippen molar-refractivity contribution in [1.82, 2.24) is 9.97 Å². The molecule has 0 saturated heterocycles. The SMILES string of the molecule is CCCCCCCCc1cnc(C2CCC(COc3ccc(C#N)c(C#N)c3)CC2)nc1. The Balaban J connectivity index is 1.39. The van der Waals surface area contributed by atoms with Crippen LogP contribution in [-0.4, -0.2) is 16.6 Å². The molecule has 1 aromatic carbocycles. The molecule has 5 heteroatoms. The molecule has 0 unspecified atom stereocenters. The lowest BCUT2D eigenvalue weighted by molar-refractivity contribution is 0.198. The van der Waals surface area contributed by atoms with E-state index in [9.17, 15) is 0 Å². The standard InChI is InChI=1S/C27H34N4O/c1-2-3-4-5-6-7-8-22-18-30-27(31-19-22)23-11-9-21(10-12-23)20-32-26-14-13-24(16-28)25(15-26)17-29/h13-15,18-19,21,23H,2-12,20H2,1H3. The summed E-state index contributed by atoms with van der Waals surface area (Å²) < 4.78 is 5.92. The fourth-order valence-corrected chi connectivity index (χ4v) is 4.42. The van der Waals surface area contributed by atoms with Crippen molar-refractivity contribution >= 4 is 0 Å². The lowest BCUT2D eigenvalue weighted by Crippen LogP contribution is -2.20. The molecule has 0 amide bonds. The normalized spacial score (nSPS) is 18.0. The first kappa shape index (κ1) is 23.7. The summed E-state index contributed by atoms with van der Waals surface area (Å²) in [4.78, 5) is 9.37. The Labute approximate surface area is 192 Å². The fraction of sp³-hybridized carbons (Fsp3) is 0.556. The van der Waals surface area contributed by atoms with Crippen LogP contribution in [0.3, 0.4) is 0 Å². The topological polar surface area (TPSA) is 82.6 Å². The molecular formula is C27H34N4O. The zero-order chi connectivity index (χ0) is 22.6. The zero-order valence-corrected chi connectivity index (χ0v) is 19.2. The van der Waals surface area contributed by atoms with Gasteiger partial charge in [0.25, 0.3) is 0 Å². The van der Waals surface area contributed by atoms with Gasteiger partial charge in [0.1, 0.15) is 23.7 Å². The third-order valence-corrected chi connectivity index (χ3v) is 6.47. The van der Waals surface area contributed by atoms with Crippen molar-refractivity contribution in [2.45, 2.75) is 83.5 Å². The number of hydrogen-bond donors (Lipinski definition) is 0. The number of benzene rings is 1. The summed E-state index contributed by atoms with van der Waals surface area (Å²) in [5.41, 5.74) is 2.01. The van der Waals surface area contributed by atoms with Crippen molar-refractivity contribution in [3.05, 3.63) is 53.1 Å². The van der Waals surface area contributed by atoms with E-state index in [2.05, 4.69) is 23.0 Å². The van der Waals surface area contributed by atoms with Crippen LogP contribution in [0.15, 0.2) is 30.6 Å². The van der Waals surface area contributed by atoms with Crippen molar-refractivity contribution in [2.75, 3.05) is 6.61 Å². The van der Waals surface area contributed by atoms with E-state index in [0.29, 0.717) is 35.3 Å². The van der Waals surface area contributed by atoms with E-state index in [1.54, 1.807) is 18.2 Å². The number of aromatic nitrogens is 2. The average molecular weight is 431 g/mol.